The molecule has 1 aliphatic rings. The molecule has 0 spiro atoms. The molecule has 4 rings (SSSR count). The van der Waals surface area contributed by atoms with Crippen LogP contribution in [0.4, 0.5) is 0 Å². The van der Waals surface area contributed by atoms with Crippen LogP contribution in [0.1, 0.15) is 29.9 Å². The zero-order chi connectivity index (χ0) is 21.5. The fourth-order valence-electron chi connectivity index (χ4n) is 4.10. The van der Waals surface area contributed by atoms with Crippen LogP contribution in [-0.2, 0) is 6.54 Å². The smallest absolute Gasteiger partial charge is 0.173 e. The van der Waals surface area contributed by atoms with Gasteiger partial charge in [-0.2, -0.15) is 0 Å². The number of tetrazole rings is 1. The third kappa shape index (κ3) is 5.18. The van der Waals surface area contributed by atoms with Gasteiger partial charge in [-0.3, -0.25) is 9.80 Å². The van der Waals surface area contributed by atoms with Gasteiger partial charge in [-0.15, -0.1) is 11.7 Å². The molecule has 3 aromatic rings. The van der Waals surface area contributed by atoms with Gasteiger partial charge in [0.15, 0.2) is 5.82 Å². The third-order valence-electron chi connectivity index (χ3n) is 5.65. The Balaban J connectivity index is 1.63. The van der Waals surface area contributed by atoms with Crippen molar-refractivity contribution in [1.29, 1.82) is 0 Å². The summed E-state index contributed by atoms with van der Waals surface area (Å²) in [6.45, 7) is 12.0. The number of hydrogen-bond acceptors (Lipinski definition) is 6. The van der Waals surface area contributed by atoms with E-state index >= 15 is 0 Å². The second-order valence-electron chi connectivity index (χ2n) is 7.71. The van der Waals surface area contributed by atoms with E-state index in [1.165, 1.54) is 11.1 Å². The zero-order valence-electron chi connectivity index (χ0n) is 18.1. The molecule has 1 unspecified atom stereocenters. The van der Waals surface area contributed by atoms with Crippen molar-refractivity contribution in [2.75, 3.05) is 39.3 Å². The van der Waals surface area contributed by atoms with Gasteiger partial charge in [-0.1, -0.05) is 48.5 Å². The molecular weight excluding hydrogens is 388 g/mol. The summed E-state index contributed by atoms with van der Waals surface area (Å²) in [5.74, 6) is 1.75. The van der Waals surface area contributed by atoms with E-state index in [9.17, 15) is 0 Å². The first-order valence-corrected chi connectivity index (χ1v) is 10.9. The summed E-state index contributed by atoms with van der Waals surface area (Å²) in [6.07, 6.45) is 1.97. The summed E-state index contributed by atoms with van der Waals surface area (Å²) in [7, 11) is 0. The Morgan fingerprint density at radius 3 is 2.45 bits per heavy atom. The summed E-state index contributed by atoms with van der Waals surface area (Å²) in [4.78, 5) is 4.90. The van der Waals surface area contributed by atoms with Gasteiger partial charge in [-0.05, 0) is 40.6 Å². The number of aromatic nitrogens is 4. The van der Waals surface area contributed by atoms with E-state index in [-0.39, 0.29) is 6.04 Å². The minimum absolute atomic E-state index is 0.0136. The van der Waals surface area contributed by atoms with Crippen LogP contribution in [0.5, 0.6) is 5.75 Å². The lowest BCUT2D eigenvalue weighted by atomic mass is 10.0. The second-order valence-corrected chi connectivity index (χ2v) is 7.71. The Kier molecular flexibility index (Phi) is 7.07. The predicted molar refractivity (Wildman–Crippen MR) is 121 cm³/mol. The van der Waals surface area contributed by atoms with Crippen LogP contribution in [-0.4, -0.2) is 69.3 Å². The Morgan fingerprint density at radius 1 is 1.03 bits per heavy atom. The van der Waals surface area contributed by atoms with Gasteiger partial charge >= 0.3 is 0 Å². The van der Waals surface area contributed by atoms with Crippen LogP contribution in [0, 0.1) is 0 Å². The highest BCUT2D eigenvalue weighted by atomic mass is 16.5. The highest BCUT2D eigenvalue weighted by molar-refractivity contribution is 5.32. The van der Waals surface area contributed by atoms with Crippen molar-refractivity contribution >= 4 is 0 Å². The molecule has 1 aliphatic heterocycles. The minimum Gasteiger partial charge on any atom is -0.494 e. The SMILES string of the molecule is C=CCN1CCN(C(c2ccc(OCC)cc2)c2nnnn2Cc2ccccc2)CC1. The van der Waals surface area contributed by atoms with Crippen molar-refractivity contribution in [3.8, 4) is 5.75 Å². The Morgan fingerprint density at radius 2 is 1.77 bits per heavy atom. The van der Waals surface area contributed by atoms with E-state index in [0.717, 1.165) is 44.3 Å². The second kappa shape index (κ2) is 10.3. The first kappa shape index (κ1) is 21.2. The lowest BCUT2D eigenvalue weighted by Crippen LogP contribution is -2.48. The fourth-order valence-corrected chi connectivity index (χ4v) is 4.10. The van der Waals surface area contributed by atoms with Crippen molar-refractivity contribution in [3.63, 3.8) is 0 Å². The van der Waals surface area contributed by atoms with E-state index in [0.29, 0.717) is 13.2 Å². The maximum absolute atomic E-state index is 5.65. The maximum atomic E-state index is 5.65. The summed E-state index contributed by atoms with van der Waals surface area (Å²) in [6, 6.07) is 18.6. The molecule has 31 heavy (non-hydrogen) atoms. The summed E-state index contributed by atoms with van der Waals surface area (Å²) in [5.41, 5.74) is 2.35. The van der Waals surface area contributed by atoms with E-state index in [2.05, 4.69) is 56.2 Å². The number of rotatable bonds is 9. The van der Waals surface area contributed by atoms with Gasteiger partial charge in [0.2, 0.25) is 0 Å². The number of hydrogen-bond donors (Lipinski definition) is 0. The molecule has 0 radical (unpaired) electrons. The summed E-state index contributed by atoms with van der Waals surface area (Å²) in [5, 5.41) is 12.8. The van der Waals surface area contributed by atoms with Gasteiger partial charge in [0.05, 0.1) is 19.2 Å². The number of nitrogens with zero attached hydrogens (tertiary/aromatic N) is 6. The molecule has 162 valence electrons. The molecule has 0 amide bonds. The fraction of sp³-hybridized carbons (Fsp3) is 0.375. The molecule has 1 atom stereocenters. The minimum atomic E-state index is -0.0136. The van der Waals surface area contributed by atoms with Crippen LogP contribution < -0.4 is 4.74 Å². The van der Waals surface area contributed by atoms with E-state index < -0.39 is 0 Å². The van der Waals surface area contributed by atoms with Crippen LogP contribution in [0.25, 0.3) is 0 Å². The van der Waals surface area contributed by atoms with Crippen molar-refractivity contribution in [1.82, 2.24) is 30.0 Å². The van der Waals surface area contributed by atoms with Crippen molar-refractivity contribution in [2.24, 2.45) is 0 Å². The largest absolute Gasteiger partial charge is 0.494 e. The Bertz CT molecular complexity index is 948. The summed E-state index contributed by atoms with van der Waals surface area (Å²) >= 11 is 0. The lowest BCUT2D eigenvalue weighted by molar-refractivity contribution is 0.112. The molecule has 1 saturated heterocycles. The number of piperazine rings is 1. The maximum Gasteiger partial charge on any atom is 0.173 e. The van der Waals surface area contributed by atoms with E-state index in [1.54, 1.807) is 0 Å². The van der Waals surface area contributed by atoms with Crippen LogP contribution >= 0.6 is 0 Å². The Hall–Kier alpha value is -3.03. The van der Waals surface area contributed by atoms with Crippen LogP contribution in [0.3, 0.4) is 0 Å². The van der Waals surface area contributed by atoms with Crippen molar-refractivity contribution in [3.05, 3.63) is 84.2 Å². The molecule has 7 heteroatoms. The molecule has 2 heterocycles. The topological polar surface area (TPSA) is 59.3 Å². The standard InChI is InChI=1S/C24H30N6O/c1-3-14-28-15-17-29(18-16-28)23(21-10-12-22(13-11-21)31-4-2)24-25-26-27-30(24)19-20-8-6-5-7-9-20/h3,5-13,23H,1,4,14-19H2,2H3. The average molecular weight is 419 g/mol. The molecular formula is C24H30N6O. The molecule has 1 aromatic heterocycles. The van der Waals surface area contributed by atoms with Gasteiger partial charge in [0, 0.05) is 32.7 Å². The Labute approximate surface area is 183 Å². The van der Waals surface area contributed by atoms with Gasteiger partial charge < -0.3 is 4.74 Å². The first-order valence-electron chi connectivity index (χ1n) is 10.9. The lowest BCUT2D eigenvalue weighted by Gasteiger charge is -2.38. The average Bonchev–Trinajstić information content (AvgIpc) is 3.25. The highest BCUT2D eigenvalue weighted by Crippen LogP contribution is 2.29. The molecule has 0 bridgehead atoms. The van der Waals surface area contributed by atoms with Gasteiger partial charge in [-0.25, -0.2) is 4.68 Å². The quantitative estimate of drug-likeness (QED) is 0.498. The van der Waals surface area contributed by atoms with Crippen LogP contribution in [0.2, 0.25) is 0 Å². The first-order chi connectivity index (χ1) is 15.3. The van der Waals surface area contributed by atoms with E-state index in [1.807, 2.05) is 48.0 Å². The van der Waals surface area contributed by atoms with Crippen LogP contribution in [0.15, 0.2) is 67.3 Å². The highest BCUT2D eigenvalue weighted by Gasteiger charge is 2.30. The summed E-state index contributed by atoms with van der Waals surface area (Å²) < 4.78 is 7.57. The van der Waals surface area contributed by atoms with Gasteiger partial charge in [0.25, 0.3) is 0 Å². The number of ether oxygens (including phenoxy) is 1. The normalized spacial score (nSPS) is 16.2. The zero-order valence-corrected chi connectivity index (χ0v) is 18.1. The van der Waals surface area contributed by atoms with Gasteiger partial charge in [0.1, 0.15) is 5.75 Å². The van der Waals surface area contributed by atoms with E-state index in [4.69, 9.17) is 4.74 Å². The molecule has 1 fully saturated rings. The monoisotopic (exact) mass is 418 g/mol. The molecule has 0 aliphatic carbocycles. The molecule has 7 nitrogen and oxygen atoms in total. The molecule has 0 N–H and O–H groups in total. The number of benzene rings is 2. The van der Waals surface area contributed by atoms with Crippen molar-refractivity contribution in [2.45, 2.75) is 19.5 Å². The molecule has 2 aromatic carbocycles. The third-order valence-corrected chi connectivity index (χ3v) is 5.65. The van der Waals surface area contributed by atoms with Crippen molar-refractivity contribution < 1.29 is 4.74 Å². The predicted octanol–water partition coefficient (Wildman–Crippen LogP) is 3.01. The molecule has 0 saturated carbocycles.